The number of anilines is 2. The van der Waals surface area contributed by atoms with E-state index in [1.807, 2.05) is 18.2 Å². The molecule has 4 rings (SSSR count). The fraction of sp³-hybridized carbons (Fsp3) is 0.0769. The van der Waals surface area contributed by atoms with Crippen LogP contribution in [0.25, 0.3) is 6.08 Å². The van der Waals surface area contributed by atoms with Gasteiger partial charge in [-0.3, -0.25) is 19.7 Å². The van der Waals surface area contributed by atoms with Crippen molar-refractivity contribution >= 4 is 41.2 Å². The number of hydrogen-bond donors (Lipinski definition) is 2. The Bertz CT molecular complexity index is 1280. The predicted octanol–water partition coefficient (Wildman–Crippen LogP) is 3.68. The molecule has 2 N–H and O–H groups in total. The van der Waals surface area contributed by atoms with Gasteiger partial charge < -0.3 is 10.1 Å². The molecule has 0 bridgehead atoms. The molecule has 0 aliphatic carbocycles. The van der Waals surface area contributed by atoms with Gasteiger partial charge in [-0.25, -0.2) is 9.69 Å². The van der Waals surface area contributed by atoms with Gasteiger partial charge in [0.2, 0.25) is 0 Å². The number of barbiturate groups is 1. The first-order valence-corrected chi connectivity index (χ1v) is 10.5. The van der Waals surface area contributed by atoms with Crippen molar-refractivity contribution in [2.45, 2.75) is 6.92 Å². The third-order valence-corrected chi connectivity index (χ3v) is 5.08. The fourth-order valence-corrected chi connectivity index (χ4v) is 3.38. The summed E-state index contributed by atoms with van der Waals surface area (Å²) in [6, 6.07) is 21.7. The molecule has 1 fully saturated rings. The molecule has 1 heterocycles. The fourth-order valence-electron chi connectivity index (χ4n) is 3.38. The molecule has 3 aromatic rings. The van der Waals surface area contributed by atoms with E-state index in [1.54, 1.807) is 67.6 Å². The quantitative estimate of drug-likeness (QED) is 0.436. The number of imide groups is 2. The van der Waals surface area contributed by atoms with E-state index in [0.717, 1.165) is 10.5 Å². The second-order valence-electron chi connectivity index (χ2n) is 7.52. The van der Waals surface area contributed by atoms with E-state index in [-0.39, 0.29) is 18.1 Å². The number of carbonyl (C=O) groups is 4. The van der Waals surface area contributed by atoms with Gasteiger partial charge in [0.05, 0.1) is 5.69 Å². The Kier molecular flexibility index (Phi) is 6.49. The first kappa shape index (κ1) is 22.5. The number of urea groups is 1. The molecule has 1 aliphatic heterocycles. The van der Waals surface area contributed by atoms with Gasteiger partial charge in [-0.15, -0.1) is 0 Å². The van der Waals surface area contributed by atoms with E-state index < -0.39 is 17.8 Å². The molecule has 0 spiro atoms. The molecule has 0 saturated carbocycles. The summed E-state index contributed by atoms with van der Waals surface area (Å²) in [6.45, 7) is 1.60. The first-order chi connectivity index (χ1) is 16.4. The maximum Gasteiger partial charge on any atom is 0.335 e. The molecule has 8 heteroatoms. The highest BCUT2D eigenvalue weighted by atomic mass is 16.5. The van der Waals surface area contributed by atoms with Crippen molar-refractivity contribution in [2.75, 3.05) is 16.8 Å². The smallest absolute Gasteiger partial charge is 0.335 e. The van der Waals surface area contributed by atoms with E-state index in [1.165, 1.54) is 6.08 Å². The van der Waals surface area contributed by atoms with Crippen molar-refractivity contribution in [1.82, 2.24) is 5.32 Å². The summed E-state index contributed by atoms with van der Waals surface area (Å²) in [5, 5.41) is 4.93. The second kappa shape index (κ2) is 9.83. The number of ether oxygens (including phenoxy) is 1. The minimum atomic E-state index is -0.793. The monoisotopic (exact) mass is 455 g/mol. The summed E-state index contributed by atoms with van der Waals surface area (Å²) in [5.41, 5.74) is 2.18. The van der Waals surface area contributed by atoms with Gasteiger partial charge in [0.15, 0.2) is 6.61 Å². The lowest BCUT2D eigenvalue weighted by Crippen LogP contribution is -2.54. The van der Waals surface area contributed by atoms with Crippen LogP contribution in [0.4, 0.5) is 16.2 Å². The lowest BCUT2D eigenvalue weighted by atomic mass is 10.1. The maximum absolute atomic E-state index is 13.0. The van der Waals surface area contributed by atoms with Gasteiger partial charge >= 0.3 is 6.03 Å². The number of rotatable bonds is 6. The van der Waals surface area contributed by atoms with Crippen LogP contribution in [-0.4, -0.2) is 30.4 Å². The number of amides is 5. The molecule has 5 amide bonds. The van der Waals surface area contributed by atoms with Crippen LogP contribution in [0, 0.1) is 6.92 Å². The van der Waals surface area contributed by atoms with Crippen LogP contribution < -0.4 is 20.3 Å². The lowest BCUT2D eigenvalue weighted by molar-refractivity contribution is -0.122. The Morgan fingerprint density at radius 3 is 2.32 bits per heavy atom. The minimum Gasteiger partial charge on any atom is -0.484 e. The molecule has 34 heavy (non-hydrogen) atoms. The predicted molar refractivity (Wildman–Crippen MR) is 127 cm³/mol. The molecule has 0 radical (unpaired) electrons. The zero-order valence-corrected chi connectivity index (χ0v) is 18.3. The Morgan fingerprint density at radius 1 is 0.941 bits per heavy atom. The number of carbonyl (C=O) groups excluding carboxylic acids is 4. The Hall–Kier alpha value is -4.72. The van der Waals surface area contributed by atoms with E-state index in [4.69, 9.17) is 4.74 Å². The summed E-state index contributed by atoms with van der Waals surface area (Å²) in [7, 11) is 0. The highest BCUT2D eigenvalue weighted by Crippen LogP contribution is 2.25. The van der Waals surface area contributed by atoms with Crippen LogP contribution in [0.5, 0.6) is 5.75 Å². The molecule has 0 atom stereocenters. The van der Waals surface area contributed by atoms with Gasteiger partial charge in [-0.2, -0.15) is 0 Å². The van der Waals surface area contributed by atoms with Crippen molar-refractivity contribution in [3.8, 4) is 5.75 Å². The van der Waals surface area contributed by atoms with Crippen molar-refractivity contribution in [2.24, 2.45) is 0 Å². The Labute approximate surface area is 195 Å². The summed E-state index contributed by atoms with van der Waals surface area (Å²) in [5.74, 6) is -1.33. The number of para-hydroxylation sites is 2. The number of nitrogens with one attached hydrogen (secondary N) is 2. The van der Waals surface area contributed by atoms with E-state index in [9.17, 15) is 19.2 Å². The van der Waals surface area contributed by atoms with Crippen LogP contribution in [-0.2, 0) is 14.4 Å². The third-order valence-electron chi connectivity index (χ3n) is 5.08. The zero-order chi connectivity index (χ0) is 24.1. The highest BCUT2D eigenvalue weighted by Gasteiger charge is 2.37. The van der Waals surface area contributed by atoms with Crippen LogP contribution >= 0.6 is 0 Å². The molecule has 8 nitrogen and oxygen atoms in total. The Balaban J connectivity index is 1.45. The molecule has 0 aromatic heterocycles. The van der Waals surface area contributed by atoms with Crippen molar-refractivity contribution in [1.29, 1.82) is 0 Å². The molecular formula is C26H21N3O5. The molecule has 0 unspecified atom stereocenters. The van der Waals surface area contributed by atoms with Gasteiger partial charge in [0.25, 0.3) is 17.7 Å². The Morgan fingerprint density at radius 2 is 1.62 bits per heavy atom. The summed E-state index contributed by atoms with van der Waals surface area (Å²) in [4.78, 5) is 50.7. The van der Waals surface area contributed by atoms with Gasteiger partial charge in [0.1, 0.15) is 11.3 Å². The summed E-state index contributed by atoms with van der Waals surface area (Å²) in [6.07, 6.45) is 1.40. The average Bonchev–Trinajstić information content (AvgIpc) is 2.83. The number of hydrogen-bond acceptors (Lipinski definition) is 5. The lowest BCUT2D eigenvalue weighted by Gasteiger charge is -2.27. The standard InChI is InChI=1S/C26H21N3O5/c1-17-7-5-6-10-22(17)29-25(32)21(24(31)28-26(29)33)15-18-11-13-20(14-12-18)34-16-23(30)27-19-8-3-2-4-9-19/h2-15H,16H2,1H3,(H,27,30)(H,28,31,33)/b21-15+. The summed E-state index contributed by atoms with van der Waals surface area (Å²) >= 11 is 0. The van der Waals surface area contributed by atoms with Crippen LogP contribution in [0.1, 0.15) is 11.1 Å². The number of benzene rings is 3. The van der Waals surface area contributed by atoms with Gasteiger partial charge in [0, 0.05) is 5.69 Å². The van der Waals surface area contributed by atoms with Crippen LogP contribution in [0.3, 0.4) is 0 Å². The summed E-state index contributed by atoms with van der Waals surface area (Å²) < 4.78 is 5.50. The number of aryl methyl sites for hydroxylation is 1. The van der Waals surface area contributed by atoms with Gasteiger partial charge in [-0.05, 0) is 54.5 Å². The molecule has 170 valence electrons. The highest BCUT2D eigenvalue weighted by molar-refractivity contribution is 6.39. The van der Waals surface area contributed by atoms with Crippen molar-refractivity contribution in [3.05, 3.63) is 95.6 Å². The molecule has 3 aromatic carbocycles. The number of nitrogens with zero attached hydrogens (tertiary/aromatic N) is 1. The molecule has 1 aliphatic rings. The van der Waals surface area contributed by atoms with Crippen molar-refractivity contribution < 1.29 is 23.9 Å². The normalized spacial score (nSPS) is 14.7. The van der Waals surface area contributed by atoms with E-state index >= 15 is 0 Å². The van der Waals surface area contributed by atoms with Crippen LogP contribution in [0.2, 0.25) is 0 Å². The van der Waals surface area contributed by atoms with Crippen LogP contribution in [0.15, 0.2) is 84.4 Å². The van der Waals surface area contributed by atoms with E-state index in [2.05, 4.69) is 10.6 Å². The molecular weight excluding hydrogens is 434 g/mol. The largest absolute Gasteiger partial charge is 0.484 e. The first-order valence-electron chi connectivity index (χ1n) is 10.5. The van der Waals surface area contributed by atoms with Gasteiger partial charge in [-0.1, -0.05) is 48.5 Å². The zero-order valence-electron chi connectivity index (χ0n) is 18.3. The topological polar surface area (TPSA) is 105 Å². The maximum atomic E-state index is 13.0. The minimum absolute atomic E-state index is 0.168. The van der Waals surface area contributed by atoms with E-state index in [0.29, 0.717) is 22.7 Å². The third kappa shape index (κ3) is 5.02. The average molecular weight is 455 g/mol. The second-order valence-corrected chi connectivity index (χ2v) is 7.52. The SMILES string of the molecule is Cc1ccccc1N1C(=O)NC(=O)/C(=C\c2ccc(OCC(=O)Nc3ccccc3)cc2)C1=O. The van der Waals surface area contributed by atoms with Crippen molar-refractivity contribution in [3.63, 3.8) is 0 Å². The molecule has 1 saturated heterocycles.